The average molecular weight is 370 g/mol. The summed E-state index contributed by atoms with van der Waals surface area (Å²) in [6.07, 6.45) is 1.53. The smallest absolute Gasteiger partial charge is 0.258 e. The summed E-state index contributed by atoms with van der Waals surface area (Å²) < 4.78 is 1.54. The normalized spacial score (nSPS) is 10.6. The zero-order valence-electron chi connectivity index (χ0n) is 15.0. The monoisotopic (exact) mass is 370 g/mol. The van der Waals surface area contributed by atoms with Crippen molar-refractivity contribution in [2.75, 3.05) is 12.0 Å². The molecule has 2 N–H and O–H groups in total. The van der Waals surface area contributed by atoms with Crippen molar-refractivity contribution in [3.8, 4) is 11.1 Å². The molecule has 4 rings (SSSR count). The van der Waals surface area contributed by atoms with E-state index in [1.54, 1.807) is 16.8 Å². The third kappa shape index (κ3) is 3.76. The number of carbonyl (C=O) groups is 2. The van der Waals surface area contributed by atoms with Gasteiger partial charge in [0, 0.05) is 5.56 Å². The van der Waals surface area contributed by atoms with Crippen LogP contribution in [-0.2, 0) is 4.79 Å². The number of nitrogens with one attached hydrogen (secondary N) is 2. The minimum Gasteiger partial charge on any atom is -0.343 e. The Bertz CT molecular complexity index is 1120. The number of carbonyl (C=O) groups excluding carboxylic acids is 2. The standard InChI is InChI=1S/C22H18N4O2/c27-21(25-26-15-24-19-8-4-5-9-20(19)26)14-23-22(28)18-12-10-17(11-13-18)16-6-2-1-3-7-16/h1-13,15H,14H2,(H,23,28)(H,25,27). The van der Waals surface area contributed by atoms with Gasteiger partial charge in [-0.1, -0.05) is 54.6 Å². The van der Waals surface area contributed by atoms with E-state index in [0.29, 0.717) is 5.56 Å². The van der Waals surface area contributed by atoms with E-state index in [1.807, 2.05) is 66.7 Å². The van der Waals surface area contributed by atoms with E-state index in [2.05, 4.69) is 15.7 Å². The quantitative estimate of drug-likeness (QED) is 0.566. The summed E-state index contributed by atoms with van der Waals surface area (Å²) in [5.41, 5.74) is 6.89. The van der Waals surface area contributed by atoms with Gasteiger partial charge in [-0.2, -0.15) is 0 Å². The summed E-state index contributed by atoms with van der Waals surface area (Å²) in [5.74, 6) is -0.636. The number of hydrogen-bond donors (Lipinski definition) is 2. The highest BCUT2D eigenvalue weighted by molar-refractivity contribution is 5.98. The molecule has 0 fully saturated rings. The molecular formula is C22H18N4O2. The number of imidazole rings is 1. The van der Waals surface area contributed by atoms with Crippen LogP contribution in [-0.4, -0.2) is 28.0 Å². The lowest BCUT2D eigenvalue weighted by Gasteiger charge is -2.09. The number of para-hydroxylation sites is 2. The lowest BCUT2D eigenvalue weighted by molar-refractivity contribution is -0.116. The van der Waals surface area contributed by atoms with E-state index in [0.717, 1.165) is 22.2 Å². The minimum atomic E-state index is -0.336. The van der Waals surface area contributed by atoms with Crippen molar-refractivity contribution in [1.29, 1.82) is 0 Å². The minimum absolute atomic E-state index is 0.133. The molecule has 28 heavy (non-hydrogen) atoms. The second kappa shape index (κ2) is 7.75. The molecule has 138 valence electrons. The number of fused-ring (bicyclic) bond motifs is 1. The van der Waals surface area contributed by atoms with Crippen LogP contribution >= 0.6 is 0 Å². The van der Waals surface area contributed by atoms with Crippen LogP contribution in [0.3, 0.4) is 0 Å². The van der Waals surface area contributed by atoms with Crippen LogP contribution in [0.2, 0.25) is 0 Å². The molecule has 2 amide bonds. The predicted molar refractivity (Wildman–Crippen MR) is 108 cm³/mol. The fourth-order valence-corrected chi connectivity index (χ4v) is 2.93. The summed E-state index contributed by atoms with van der Waals surface area (Å²) in [6, 6.07) is 24.7. The van der Waals surface area contributed by atoms with Gasteiger partial charge >= 0.3 is 0 Å². The van der Waals surface area contributed by atoms with E-state index >= 15 is 0 Å². The van der Waals surface area contributed by atoms with Gasteiger partial charge in [0.25, 0.3) is 11.8 Å². The van der Waals surface area contributed by atoms with E-state index < -0.39 is 0 Å². The third-order valence-corrected chi connectivity index (χ3v) is 4.36. The van der Waals surface area contributed by atoms with Gasteiger partial charge in [-0.3, -0.25) is 15.0 Å². The van der Waals surface area contributed by atoms with Crippen LogP contribution in [0.25, 0.3) is 22.2 Å². The van der Waals surface area contributed by atoms with Crippen LogP contribution < -0.4 is 10.7 Å². The summed E-state index contributed by atoms with van der Waals surface area (Å²) in [5, 5.41) is 2.63. The van der Waals surface area contributed by atoms with Gasteiger partial charge in [0.15, 0.2) is 0 Å². The SMILES string of the molecule is O=C(CNC(=O)c1ccc(-c2ccccc2)cc1)Nn1cnc2ccccc21. The average Bonchev–Trinajstić information content (AvgIpc) is 3.15. The summed E-state index contributed by atoms with van der Waals surface area (Å²) >= 11 is 0. The second-order valence-electron chi connectivity index (χ2n) is 6.26. The second-order valence-corrected chi connectivity index (χ2v) is 6.26. The Labute approximate surface area is 161 Å². The predicted octanol–water partition coefficient (Wildman–Crippen LogP) is 3.20. The maximum atomic E-state index is 12.3. The van der Waals surface area contributed by atoms with Crippen LogP contribution in [0.5, 0.6) is 0 Å². The Kier molecular flexibility index (Phi) is 4.84. The van der Waals surface area contributed by atoms with E-state index in [-0.39, 0.29) is 18.4 Å². The molecule has 0 aliphatic carbocycles. The maximum absolute atomic E-state index is 12.3. The van der Waals surface area contributed by atoms with Gasteiger partial charge in [-0.05, 0) is 35.4 Å². The number of benzene rings is 3. The molecular weight excluding hydrogens is 352 g/mol. The molecule has 1 aromatic heterocycles. The van der Waals surface area contributed by atoms with Crippen LogP contribution in [0.15, 0.2) is 85.2 Å². The van der Waals surface area contributed by atoms with Crippen LogP contribution in [0, 0.1) is 0 Å². The molecule has 0 saturated heterocycles. The molecule has 4 aromatic rings. The molecule has 0 saturated carbocycles. The Morgan fingerprint density at radius 2 is 1.50 bits per heavy atom. The molecule has 0 atom stereocenters. The van der Waals surface area contributed by atoms with Crippen molar-refractivity contribution < 1.29 is 9.59 Å². The first-order chi connectivity index (χ1) is 13.7. The molecule has 0 aliphatic rings. The highest BCUT2D eigenvalue weighted by Crippen LogP contribution is 2.19. The number of aromatic nitrogens is 2. The fraction of sp³-hybridized carbons (Fsp3) is 0.0455. The molecule has 1 heterocycles. The van der Waals surface area contributed by atoms with Crippen molar-refractivity contribution in [2.24, 2.45) is 0 Å². The van der Waals surface area contributed by atoms with Crippen molar-refractivity contribution in [3.63, 3.8) is 0 Å². The molecule has 0 unspecified atom stereocenters. The molecule has 3 aromatic carbocycles. The van der Waals surface area contributed by atoms with Crippen LogP contribution in [0.4, 0.5) is 0 Å². The first kappa shape index (κ1) is 17.5. The topological polar surface area (TPSA) is 76.0 Å². The van der Waals surface area contributed by atoms with Gasteiger partial charge < -0.3 is 5.32 Å². The van der Waals surface area contributed by atoms with Crippen molar-refractivity contribution in [3.05, 3.63) is 90.8 Å². The Hall–Kier alpha value is -3.93. The van der Waals surface area contributed by atoms with E-state index in [1.165, 1.54) is 6.33 Å². The first-order valence-electron chi connectivity index (χ1n) is 8.86. The molecule has 6 nitrogen and oxygen atoms in total. The number of hydrogen-bond acceptors (Lipinski definition) is 3. The highest BCUT2D eigenvalue weighted by atomic mass is 16.2. The third-order valence-electron chi connectivity index (χ3n) is 4.36. The summed E-state index contributed by atoms with van der Waals surface area (Å²) in [4.78, 5) is 28.7. The van der Waals surface area contributed by atoms with Crippen molar-refractivity contribution >= 4 is 22.8 Å². The van der Waals surface area contributed by atoms with Gasteiger partial charge in [0.1, 0.15) is 6.33 Å². The van der Waals surface area contributed by atoms with Gasteiger partial charge in [-0.25, -0.2) is 9.66 Å². The molecule has 0 bridgehead atoms. The zero-order valence-corrected chi connectivity index (χ0v) is 15.0. The Morgan fingerprint density at radius 1 is 0.821 bits per heavy atom. The fourth-order valence-electron chi connectivity index (χ4n) is 2.93. The van der Waals surface area contributed by atoms with E-state index in [4.69, 9.17) is 0 Å². The lowest BCUT2D eigenvalue weighted by atomic mass is 10.0. The number of amides is 2. The lowest BCUT2D eigenvalue weighted by Crippen LogP contribution is -2.35. The highest BCUT2D eigenvalue weighted by Gasteiger charge is 2.10. The van der Waals surface area contributed by atoms with Crippen molar-refractivity contribution in [2.45, 2.75) is 0 Å². The Balaban J connectivity index is 1.35. The van der Waals surface area contributed by atoms with Crippen molar-refractivity contribution in [1.82, 2.24) is 15.0 Å². The zero-order chi connectivity index (χ0) is 19.3. The summed E-state index contributed by atoms with van der Waals surface area (Å²) in [6.45, 7) is -0.133. The molecule has 0 radical (unpaired) electrons. The van der Waals surface area contributed by atoms with E-state index in [9.17, 15) is 9.59 Å². The number of nitrogens with zero attached hydrogens (tertiary/aromatic N) is 2. The van der Waals surface area contributed by atoms with Crippen LogP contribution in [0.1, 0.15) is 10.4 Å². The molecule has 0 aliphatic heterocycles. The van der Waals surface area contributed by atoms with Gasteiger partial charge in [0.05, 0.1) is 17.6 Å². The molecule has 0 spiro atoms. The maximum Gasteiger partial charge on any atom is 0.258 e. The Morgan fingerprint density at radius 3 is 2.29 bits per heavy atom. The first-order valence-corrected chi connectivity index (χ1v) is 8.86. The molecule has 6 heteroatoms. The number of rotatable bonds is 5. The van der Waals surface area contributed by atoms with Gasteiger partial charge in [-0.15, -0.1) is 0 Å². The van der Waals surface area contributed by atoms with Gasteiger partial charge in [0.2, 0.25) is 0 Å². The summed E-state index contributed by atoms with van der Waals surface area (Å²) in [7, 11) is 0. The largest absolute Gasteiger partial charge is 0.343 e.